The van der Waals surface area contributed by atoms with Crippen LogP contribution in [-0.2, 0) is 4.74 Å². The molecule has 0 aromatic carbocycles. The predicted molar refractivity (Wildman–Crippen MR) is 107 cm³/mol. The van der Waals surface area contributed by atoms with Crippen LogP contribution < -0.4 is 10.6 Å². The topological polar surface area (TPSA) is 70.7 Å². The Balaban J connectivity index is 2.37. The molecule has 0 saturated carbocycles. The highest BCUT2D eigenvalue weighted by atomic mass is 32.1. The number of thiocarbonyl (C=S) groups is 1. The molecule has 0 bridgehead atoms. The second kappa shape index (κ2) is 8.41. The number of rotatable bonds is 4. The number of hydrogen-bond donors (Lipinski definition) is 2. The highest BCUT2D eigenvalue weighted by molar-refractivity contribution is 7.80. The second-order valence-corrected chi connectivity index (χ2v) is 7.79. The monoisotopic (exact) mass is 397 g/mol. The minimum Gasteiger partial charge on any atom is -0.462 e. The second-order valence-electron chi connectivity index (χ2n) is 5.21. The molecule has 0 aliphatic carbocycles. The fourth-order valence-electron chi connectivity index (χ4n) is 2.09. The molecule has 0 radical (unpaired) electrons. The van der Waals surface area contributed by atoms with Gasteiger partial charge < -0.3 is 15.0 Å². The van der Waals surface area contributed by atoms with Gasteiger partial charge in [-0.1, -0.05) is 6.07 Å². The first kappa shape index (κ1) is 19.4. The zero-order valence-corrected chi connectivity index (χ0v) is 16.8. The number of thiophene rings is 2. The van der Waals surface area contributed by atoms with Gasteiger partial charge in [0.05, 0.1) is 6.61 Å². The normalized spacial score (nSPS) is 10.2. The fraction of sp³-hybridized carbons (Fsp3) is 0.312. The highest BCUT2D eigenvalue weighted by Gasteiger charge is 2.25. The fourth-order valence-corrected chi connectivity index (χ4v) is 4.30. The number of carbonyl (C=O) groups excluding carboxylic acids is 2. The summed E-state index contributed by atoms with van der Waals surface area (Å²) in [5, 5.41) is 8.15. The van der Waals surface area contributed by atoms with Crippen LogP contribution in [0.1, 0.15) is 22.2 Å². The lowest BCUT2D eigenvalue weighted by atomic mass is 10.1. The lowest BCUT2D eigenvalue weighted by Crippen LogP contribution is -2.40. The zero-order chi connectivity index (χ0) is 18.6. The third kappa shape index (κ3) is 4.56. The number of esters is 1. The van der Waals surface area contributed by atoms with E-state index in [1.165, 1.54) is 16.2 Å². The summed E-state index contributed by atoms with van der Waals surface area (Å²) in [6.45, 7) is 3.98. The largest absolute Gasteiger partial charge is 0.462 e. The van der Waals surface area contributed by atoms with Crippen molar-refractivity contribution in [3.05, 3.63) is 28.0 Å². The lowest BCUT2D eigenvalue weighted by Gasteiger charge is -2.14. The average Bonchev–Trinajstić information content (AvgIpc) is 3.14. The van der Waals surface area contributed by atoms with E-state index < -0.39 is 5.97 Å². The zero-order valence-electron chi connectivity index (χ0n) is 14.3. The number of amides is 2. The molecule has 2 aromatic heterocycles. The number of hydrogen-bond acceptors (Lipinski definition) is 6. The molecular weight excluding hydrogens is 378 g/mol. The minimum atomic E-state index is -0.417. The van der Waals surface area contributed by atoms with Gasteiger partial charge in [0.1, 0.15) is 10.6 Å². The molecule has 2 N–H and O–H groups in total. The van der Waals surface area contributed by atoms with Gasteiger partial charge in [-0.2, -0.15) is 0 Å². The summed E-state index contributed by atoms with van der Waals surface area (Å²) in [7, 11) is 3.23. The Morgan fingerprint density at radius 2 is 2.08 bits per heavy atom. The van der Waals surface area contributed by atoms with E-state index in [2.05, 4.69) is 10.6 Å². The Morgan fingerprint density at radius 1 is 1.36 bits per heavy atom. The van der Waals surface area contributed by atoms with Crippen LogP contribution in [0.2, 0.25) is 0 Å². The molecule has 25 heavy (non-hydrogen) atoms. The molecule has 0 unspecified atom stereocenters. The van der Waals surface area contributed by atoms with Crippen molar-refractivity contribution in [3.63, 3.8) is 0 Å². The highest BCUT2D eigenvalue weighted by Crippen LogP contribution is 2.42. The summed E-state index contributed by atoms with van der Waals surface area (Å²) in [5.41, 5.74) is 1.27. The van der Waals surface area contributed by atoms with Gasteiger partial charge >= 0.3 is 12.0 Å². The van der Waals surface area contributed by atoms with E-state index in [1.807, 2.05) is 24.4 Å². The molecule has 2 aromatic rings. The molecule has 134 valence electrons. The average molecular weight is 398 g/mol. The van der Waals surface area contributed by atoms with Crippen molar-refractivity contribution in [2.24, 2.45) is 0 Å². The molecule has 0 atom stereocenters. The standard InChI is InChI=1S/C16H19N3O3S3/c1-5-22-14(20)12-11(10-7-6-8-24-10)9(2)25-13(12)17-15(23)18-16(21)19(3)4/h6-8H,5H2,1-4H3,(H2,17,18,21,23). The van der Waals surface area contributed by atoms with Gasteiger partial charge in [-0.05, 0) is 37.5 Å². The Hall–Kier alpha value is -1.97. The Bertz CT molecular complexity index is 782. The van der Waals surface area contributed by atoms with Gasteiger partial charge in [0.2, 0.25) is 0 Å². The summed E-state index contributed by atoms with van der Waals surface area (Å²) in [5.74, 6) is -0.417. The third-order valence-electron chi connectivity index (χ3n) is 3.19. The molecule has 0 saturated heterocycles. The number of anilines is 1. The molecular formula is C16H19N3O3S3. The van der Waals surface area contributed by atoms with Gasteiger partial charge in [0.15, 0.2) is 5.11 Å². The molecule has 6 nitrogen and oxygen atoms in total. The van der Waals surface area contributed by atoms with Crippen molar-refractivity contribution in [3.8, 4) is 10.4 Å². The van der Waals surface area contributed by atoms with E-state index >= 15 is 0 Å². The summed E-state index contributed by atoms with van der Waals surface area (Å²) in [6.07, 6.45) is 0. The van der Waals surface area contributed by atoms with Crippen LogP contribution in [0.5, 0.6) is 0 Å². The van der Waals surface area contributed by atoms with Gasteiger partial charge in [-0.25, -0.2) is 9.59 Å². The summed E-state index contributed by atoms with van der Waals surface area (Å²) >= 11 is 8.13. The Labute approximate surface area is 159 Å². The maximum atomic E-state index is 12.5. The van der Waals surface area contributed by atoms with Crippen LogP contribution in [0.3, 0.4) is 0 Å². The third-order valence-corrected chi connectivity index (χ3v) is 5.30. The number of nitrogens with one attached hydrogen (secondary N) is 2. The number of urea groups is 1. The summed E-state index contributed by atoms with van der Waals surface area (Å²) in [4.78, 5) is 27.6. The van der Waals surface area contributed by atoms with Crippen molar-refractivity contribution < 1.29 is 14.3 Å². The van der Waals surface area contributed by atoms with Gasteiger partial charge in [-0.15, -0.1) is 22.7 Å². The summed E-state index contributed by atoms with van der Waals surface area (Å²) in [6, 6.07) is 3.54. The van der Waals surface area contributed by atoms with Gasteiger partial charge in [0.25, 0.3) is 0 Å². The van der Waals surface area contributed by atoms with Crippen molar-refractivity contribution >= 4 is 57.0 Å². The lowest BCUT2D eigenvalue weighted by molar-refractivity contribution is 0.0529. The number of carbonyl (C=O) groups is 2. The first-order valence-corrected chi connectivity index (χ1v) is 9.59. The molecule has 0 aliphatic rings. The maximum absolute atomic E-state index is 12.5. The van der Waals surface area contributed by atoms with Crippen molar-refractivity contribution in [2.45, 2.75) is 13.8 Å². The van der Waals surface area contributed by atoms with Crippen LogP contribution in [-0.4, -0.2) is 42.7 Å². The smallest absolute Gasteiger partial charge is 0.341 e. The van der Waals surface area contributed by atoms with Gasteiger partial charge in [0, 0.05) is 29.4 Å². The molecule has 2 rings (SSSR count). The maximum Gasteiger partial charge on any atom is 0.341 e. The van der Waals surface area contributed by atoms with Crippen LogP contribution in [0.25, 0.3) is 10.4 Å². The predicted octanol–water partition coefficient (Wildman–Crippen LogP) is 3.93. The van der Waals surface area contributed by atoms with Crippen LogP contribution in [0, 0.1) is 6.92 Å². The van der Waals surface area contributed by atoms with E-state index in [0.29, 0.717) is 10.6 Å². The number of aryl methyl sites for hydroxylation is 1. The number of nitrogens with zero attached hydrogens (tertiary/aromatic N) is 1. The van der Waals surface area contributed by atoms with Gasteiger partial charge in [-0.3, -0.25) is 5.32 Å². The first-order chi connectivity index (χ1) is 11.8. The van der Waals surface area contributed by atoms with Crippen LogP contribution >= 0.6 is 34.9 Å². The molecule has 0 aliphatic heterocycles. The van der Waals surface area contributed by atoms with E-state index in [1.54, 1.807) is 32.4 Å². The molecule has 9 heteroatoms. The van der Waals surface area contributed by atoms with Crippen LogP contribution in [0.15, 0.2) is 17.5 Å². The van der Waals surface area contributed by atoms with E-state index in [4.69, 9.17) is 17.0 Å². The molecule has 2 amide bonds. The SMILES string of the molecule is CCOC(=O)c1c(NC(=S)NC(=O)N(C)C)sc(C)c1-c1cccs1. The molecule has 0 fully saturated rings. The van der Waals surface area contributed by atoms with E-state index in [-0.39, 0.29) is 17.8 Å². The van der Waals surface area contributed by atoms with Crippen molar-refractivity contribution in [1.82, 2.24) is 10.2 Å². The van der Waals surface area contributed by atoms with Crippen molar-refractivity contribution in [1.29, 1.82) is 0 Å². The first-order valence-electron chi connectivity index (χ1n) is 7.48. The Morgan fingerprint density at radius 3 is 2.64 bits per heavy atom. The quantitative estimate of drug-likeness (QED) is 0.604. The summed E-state index contributed by atoms with van der Waals surface area (Å²) < 4.78 is 5.22. The number of ether oxygens (including phenoxy) is 1. The Kier molecular flexibility index (Phi) is 6.51. The van der Waals surface area contributed by atoms with Crippen LogP contribution in [0.4, 0.5) is 9.80 Å². The van der Waals surface area contributed by atoms with E-state index in [0.717, 1.165) is 15.3 Å². The van der Waals surface area contributed by atoms with Crippen molar-refractivity contribution in [2.75, 3.05) is 26.0 Å². The molecule has 0 spiro atoms. The minimum absolute atomic E-state index is 0.128. The van der Waals surface area contributed by atoms with E-state index in [9.17, 15) is 9.59 Å². The molecule has 2 heterocycles.